The predicted molar refractivity (Wildman–Crippen MR) is 110 cm³/mol. The number of imidazole rings is 1. The van der Waals surface area contributed by atoms with Crippen molar-refractivity contribution in [2.24, 2.45) is 0 Å². The molecule has 1 aromatic heterocycles. The van der Waals surface area contributed by atoms with Gasteiger partial charge in [0.1, 0.15) is 11.4 Å². The molecule has 2 aromatic carbocycles. The van der Waals surface area contributed by atoms with Crippen LogP contribution in [-0.2, 0) is 0 Å². The maximum atomic E-state index is 12.5. The molecule has 7 nitrogen and oxygen atoms in total. The first-order valence-electron chi connectivity index (χ1n) is 8.67. The Morgan fingerprint density at radius 1 is 1.25 bits per heavy atom. The maximum absolute atomic E-state index is 12.5. The van der Waals surface area contributed by atoms with Gasteiger partial charge in [-0.25, -0.2) is 9.78 Å². The van der Waals surface area contributed by atoms with Crippen molar-refractivity contribution in [3.05, 3.63) is 47.3 Å². The minimum Gasteiger partial charge on any atom is -0.494 e. The van der Waals surface area contributed by atoms with Crippen LogP contribution in [0.15, 0.2) is 36.4 Å². The van der Waals surface area contributed by atoms with E-state index in [2.05, 4.69) is 20.6 Å². The van der Waals surface area contributed by atoms with Crippen LogP contribution in [-0.4, -0.2) is 28.7 Å². The van der Waals surface area contributed by atoms with Gasteiger partial charge in [0.15, 0.2) is 5.75 Å². The first-order valence-corrected chi connectivity index (χ1v) is 9.05. The highest BCUT2D eigenvalue weighted by molar-refractivity contribution is 6.29. The Bertz CT molecular complexity index is 1100. The van der Waals surface area contributed by atoms with E-state index in [1.165, 1.54) is 0 Å². The molecule has 2 amide bonds. The first kappa shape index (κ1) is 18.2. The van der Waals surface area contributed by atoms with Gasteiger partial charge in [0.25, 0.3) is 0 Å². The summed E-state index contributed by atoms with van der Waals surface area (Å²) in [6.07, 6.45) is 3.89. The largest absolute Gasteiger partial charge is 0.494 e. The Balaban J connectivity index is 1.55. The van der Waals surface area contributed by atoms with Crippen molar-refractivity contribution in [1.29, 1.82) is 0 Å². The fraction of sp³-hybridized carbons (Fsp3) is 0.200. The molecule has 1 aliphatic rings. The van der Waals surface area contributed by atoms with Crippen LogP contribution in [0.2, 0.25) is 5.28 Å². The number of aromatic nitrogens is 2. The number of fused-ring (bicyclic) bond motifs is 2. The van der Waals surface area contributed by atoms with E-state index in [-0.39, 0.29) is 0 Å². The Hall–Kier alpha value is -3.19. The molecule has 2 heterocycles. The van der Waals surface area contributed by atoms with E-state index >= 15 is 0 Å². The number of nitrogens with one attached hydrogen (secondary N) is 3. The monoisotopic (exact) mass is 398 g/mol. The highest BCUT2D eigenvalue weighted by atomic mass is 35.5. The van der Waals surface area contributed by atoms with E-state index in [0.717, 1.165) is 11.1 Å². The fourth-order valence-electron chi connectivity index (χ4n) is 3.09. The van der Waals surface area contributed by atoms with E-state index < -0.39 is 11.6 Å². The van der Waals surface area contributed by atoms with Gasteiger partial charge in [0.2, 0.25) is 5.28 Å². The summed E-state index contributed by atoms with van der Waals surface area (Å²) < 4.78 is 11.5. The lowest BCUT2D eigenvalue weighted by atomic mass is 10.0. The summed E-state index contributed by atoms with van der Waals surface area (Å²) >= 11 is 5.86. The molecule has 0 fully saturated rings. The minimum atomic E-state index is -0.403. The summed E-state index contributed by atoms with van der Waals surface area (Å²) in [6.45, 7) is 3.95. The lowest BCUT2D eigenvalue weighted by molar-refractivity contribution is 0.158. The molecule has 8 heteroatoms. The van der Waals surface area contributed by atoms with E-state index in [1.54, 1.807) is 31.4 Å². The van der Waals surface area contributed by atoms with Crippen LogP contribution in [0.25, 0.3) is 17.1 Å². The Labute approximate surface area is 166 Å². The standard InChI is InChI=1S/C20H19ClN4O3/c1-20(2)9-8-12-16(28-20)7-6-14(17(12)27-3)25-19(26)22-11-4-5-13-15(10-11)24-18(21)23-13/h4-10H,1-3H3,(H,23,24)(H2,22,25,26). The van der Waals surface area contributed by atoms with Crippen molar-refractivity contribution < 1.29 is 14.3 Å². The smallest absolute Gasteiger partial charge is 0.323 e. The molecule has 0 spiro atoms. The highest BCUT2D eigenvalue weighted by Gasteiger charge is 2.25. The van der Waals surface area contributed by atoms with Gasteiger partial charge in [0.05, 0.1) is 29.4 Å². The van der Waals surface area contributed by atoms with Gasteiger partial charge >= 0.3 is 6.03 Å². The topological polar surface area (TPSA) is 88.3 Å². The number of urea groups is 1. The molecule has 3 N–H and O–H groups in total. The molecular weight excluding hydrogens is 380 g/mol. The van der Waals surface area contributed by atoms with Gasteiger partial charge in [-0.1, -0.05) is 0 Å². The number of carbonyl (C=O) groups excluding carboxylic acids is 1. The van der Waals surface area contributed by atoms with Crippen molar-refractivity contribution in [3.8, 4) is 11.5 Å². The average Bonchev–Trinajstić information content (AvgIpc) is 3.00. The van der Waals surface area contributed by atoms with Gasteiger partial charge in [-0.2, -0.15) is 0 Å². The van der Waals surface area contributed by atoms with Crippen LogP contribution in [0.4, 0.5) is 16.2 Å². The van der Waals surface area contributed by atoms with Crippen molar-refractivity contribution in [2.45, 2.75) is 19.4 Å². The zero-order chi connectivity index (χ0) is 19.9. The quantitative estimate of drug-likeness (QED) is 0.575. The molecule has 0 saturated carbocycles. The van der Waals surface area contributed by atoms with Crippen molar-refractivity contribution in [3.63, 3.8) is 0 Å². The van der Waals surface area contributed by atoms with E-state index in [1.807, 2.05) is 32.1 Å². The third kappa shape index (κ3) is 3.48. The molecule has 0 unspecified atom stereocenters. The van der Waals surface area contributed by atoms with Crippen molar-refractivity contribution in [2.75, 3.05) is 17.7 Å². The Kier molecular flexibility index (Phi) is 4.39. The number of methoxy groups -OCH3 is 1. The predicted octanol–water partition coefficient (Wildman–Crippen LogP) is 5.05. The average molecular weight is 399 g/mol. The molecule has 144 valence electrons. The normalized spacial score (nSPS) is 14.3. The lowest BCUT2D eigenvalue weighted by Crippen LogP contribution is -2.27. The van der Waals surface area contributed by atoms with Gasteiger partial charge in [0, 0.05) is 5.69 Å². The molecule has 0 aliphatic carbocycles. The third-order valence-electron chi connectivity index (χ3n) is 4.34. The van der Waals surface area contributed by atoms with Crippen LogP contribution >= 0.6 is 11.6 Å². The van der Waals surface area contributed by atoms with Crippen LogP contribution in [0.1, 0.15) is 19.4 Å². The van der Waals surface area contributed by atoms with Crippen molar-refractivity contribution >= 4 is 46.1 Å². The second-order valence-electron chi connectivity index (χ2n) is 6.94. The van der Waals surface area contributed by atoms with Crippen molar-refractivity contribution in [1.82, 2.24) is 9.97 Å². The number of halogens is 1. The third-order valence-corrected chi connectivity index (χ3v) is 4.52. The number of nitrogens with zero attached hydrogens (tertiary/aromatic N) is 1. The summed E-state index contributed by atoms with van der Waals surface area (Å²) in [6, 6.07) is 8.46. The summed E-state index contributed by atoms with van der Waals surface area (Å²) in [7, 11) is 1.56. The molecule has 1 aliphatic heterocycles. The number of amides is 2. The number of carbonyl (C=O) groups is 1. The van der Waals surface area contributed by atoms with Crippen LogP contribution in [0.5, 0.6) is 11.5 Å². The van der Waals surface area contributed by atoms with Crippen LogP contribution < -0.4 is 20.1 Å². The van der Waals surface area contributed by atoms with Gasteiger partial charge in [-0.15, -0.1) is 0 Å². The SMILES string of the molecule is COc1c(NC(=O)Nc2ccc3[nH]c(Cl)nc3c2)ccc2c1C=CC(C)(C)O2. The Morgan fingerprint density at radius 2 is 2.07 bits per heavy atom. The summed E-state index contributed by atoms with van der Waals surface area (Å²) in [5, 5.41) is 5.90. The highest BCUT2D eigenvalue weighted by Crippen LogP contribution is 2.41. The molecular formula is C20H19ClN4O3. The lowest BCUT2D eigenvalue weighted by Gasteiger charge is -2.29. The number of hydrogen-bond acceptors (Lipinski definition) is 4. The molecule has 0 bridgehead atoms. The fourth-order valence-corrected chi connectivity index (χ4v) is 3.28. The summed E-state index contributed by atoms with van der Waals surface area (Å²) in [5.41, 5.74) is 2.98. The zero-order valence-electron chi connectivity index (χ0n) is 15.6. The number of H-pyrrole nitrogens is 1. The van der Waals surface area contributed by atoms with E-state index in [9.17, 15) is 4.79 Å². The zero-order valence-corrected chi connectivity index (χ0v) is 16.3. The number of aromatic amines is 1. The van der Waals surface area contributed by atoms with E-state index in [4.69, 9.17) is 21.1 Å². The number of hydrogen-bond donors (Lipinski definition) is 3. The number of rotatable bonds is 3. The number of ether oxygens (including phenoxy) is 2. The van der Waals surface area contributed by atoms with Gasteiger partial charge < -0.3 is 25.1 Å². The molecule has 0 saturated heterocycles. The van der Waals surface area contributed by atoms with Gasteiger partial charge in [-0.3, -0.25) is 0 Å². The number of benzene rings is 2. The molecule has 4 rings (SSSR count). The summed E-state index contributed by atoms with van der Waals surface area (Å²) in [4.78, 5) is 19.5. The van der Waals surface area contributed by atoms with Gasteiger partial charge in [-0.05, 0) is 67.9 Å². The molecule has 0 radical (unpaired) electrons. The molecule has 3 aromatic rings. The minimum absolute atomic E-state index is 0.300. The summed E-state index contributed by atoms with van der Waals surface area (Å²) in [5.74, 6) is 1.24. The maximum Gasteiger partial charge on any atom is 0.323 e. The Morgan fingerprint density at radius 3 is 2.86 bits per heavy atom. The first-order chi connectivity index (χ1) is 13.3. The van der Waals surface area contributed by atoms with Crippen LogP contribution in [0, 0.1) is 0 Å². The number of anilines is 2. The van der Waals surface area contributed by atoms with Crippen LogP contribution in [0.3, 0.4) is 0 Å². The molecule has 28 heavy (non-hydrogen) atoms. The second-order valence-corrected chi connectivity index (χ2v) is 7.29. The molecule has 0 atom stereocenters. The van der Waals surface area contributed by atoms with E-state index in [0.29, 0.717) is 33.7 Å². The second kappa shape index (κ2) is 6.76.